The molecule has 11 heavy (non-hydrogen) atoms. The molecule has 69 valence electrons. The van der Waals surface area contributed by atoms with Crippen molar-refractivity contribution in [2.45, 2.75) is 13.8 Å². The third-order valence-electron chi connectivity index (χ3n) is 0.824. The average Bonchev–Trinajstić information content (AvgIpc) is 2.03. The number of halogens is 2. The summed E-state index contributed by atoms with van der Waals surface area (Å²) in [7, 11) is 0. The molecular formula is C4H8Br2N2O2Rh. The van der Waals surface area contributed by atoms with Crippen LogP contribution in [0, 0.1) is 0 Å². The van der Waals surface area contributed by atoms with Crippen molar-refractivity contribution in [3.63, 3.8) is 0 Å². The van der Waals surface area contributed by atoms with Crippen LogP contribution < -0.4 is 0 Å². The molecule has 0 radical (unpaired) electrons. The molecule has 0 aromatic heterocycles. The normalized spacial score (nSPS) is 12.4. The zero-order valence-corrected chi connectivity index (χ0v) is 10.7. The predicted molar refractivity (Wildman–Crippen MR) is 47.6 cm³/mol. The van der Waals surface area contributed by atoms with Crippen LogP contribution in [-0.4, -0.2) is 21.8 Å². The molecule has 0 aliphatic rings. The number of hydrogen-bond donors (Lipinski definition) is 2. The molecular weight excluding hydrogens is 371 g/mol. The zero-order chi connectivity index (χ0) is 9.28. The molecule has 0 bridgehead atoms. The molecule has 0 aromatic carbocycles. The van der Waals surface area contributed by atoms with E-state index >= 15 is 0 Å². The molecule has 0 atom stereocenters. The Hall–Kier alpha value is 0.523. The molecule has 7 heteroatoms. The van der Waals surface area contributed by atoms with E-state index in [0.29, 0.717) is 24.6 Å². The summed E-state index contributed by atoms with van der Waals surface area (Å²) in [5.41, 5.74) is 0.625. The van der Waals surface area contributed by atoms with E-state index in [9.17, 15) is 0 Å². The Morgan fingerprint density at radius 1 is 1.09 bits per heavy atom. The van der Waals surface area contributed by atoms with Crippen molar-refractivity contribution in [2.24, 2.45) is 10.3 Å². The maximum absolute atomic E-state index is 8.03. The van der Waals surface area contributed by atoms with E-state index in [4.69, 9.17) is 10.4 Å². The van der Waals surface area contributed by atoms with Gasteiger partial charge in [-0.25, -0.2) is 0 Å². The molecule has 0 heterocycles. The van der Waals surface area contributed by atoms with E-state index in [1.807, 2.05) is 0 Å². The van der Waals surface area contributed by atoms with Gasteiger partial charge in [0.1, 0.15) is 11.4 Å². The zero-order valence-electron chi connectivity index (χ0n) is 5.88. The first-order valence-corrected chi connectivity index (χ1v) is 9.84. The van der Waals surface area contributed by atoms with Crippen LogP contribution in [0.3, 0.4) is 0 Å². The number of oxime groups is 2. The second kappa shape index (κ2) is 10.5. The number of hydrogen-bond acceptors (Lipinski definition) is 4. The van der Waals surface area contributed by atoms with Crippen LogP contribution in [0.15, 0.2) is 10.3 Å². The van der Waals surface area contributed by atoms with E-state index in [1.165, 1.54) is 13.8 Å². The van der Waals surface area contributed by atoms with Crippen molar-refractivity contribution in [3.8, 4) is 0 Å². The fourth-order valence-electron chi connectivity index (χ4n) is 0.145. The molecule has 0 amide bonds. The van der Waals surface area contributed by atoms with Gasteiger partial charge in [-0.05, 0) is 13.8 Å². The van der Waals surface area contributed by atoms with Crippen LogP contribution in [-0.2, 0) is 13.2 Å². The topological polar surface area (TPSA) is 65.2 Å². The SMILES string of the molecule is CC(=NO)C(C)=NO.[Br][Rh][Br]. The minimum absolute atomic E-state index is 0.313. The van der Waals surface area contributed by atoms with E-state index in [2.05, 4.69) is 37.6 Å². The van der Waals surface area contributed by atoms with Gasteiger partial charge in [0.2, 0.25) is 0 Å². The third kappa shape index (κ3) is 10.5. The third-order valence-corrected chi connectivity index (χ3v) is 0.824. The monoisotopic (exact) mass is 377 g/mol. The maximum atomic E-state index is 8.03. The Kier molecular flexibility index (Phi) is 13.5. The van der Waals surface area contributed by atoms with Gasteiger partial charge in [0.15, 0.2) is 0 Å². The van der Waals surface area contributed by atoms with Crippen LogP contribution in [0.5, 0.6) is 0 Å². The standard InChI is InChI=1S/C4H8N2O2.2BrH.Rh/c1-3(5-7)4(2)6-8;;;/h7-8H,1-2H3;2*1H;/q;;;+2/p-2. The summed E-state index contributed by atoms with van der Waals surface area (Å²) in [5.74, 6) is 0. The summed E-state index contributed by atoms with van der Waals surface area (Å²) in [4.78, 5) is 0. The van der Waals surface area contributed by atoms with Crippen LogP contribution in [0.1, 0.15) is 13.8 Å². The number of rotatable bonds is 1. The van der Waals surface area contributed by atoms with Crippen molar-refractivity contribution in [2.75, 3.05) is 0 Å². The van der Waals surface area contributed by atoms with Gasteiger partial charge in [-0.15, -0.1) is 0 Å². The molecule has 0 saturated carbocycles. The summed E-state index contributed by atoms with van der Waals surface area (Å²) in [6.45, 7) is 3.07. The number of nitrogens with zero attached hydrogens (tertiary/aromatic N) is 2. The van der Waals surface area contributed by atoms with Crippen LogP contribution in [0.2, 0.25) is 0 Å². The van der Waals surface area contributed by atoms with E-state index in [1.54, 1.807) is 0 Å². The van der Waals surface area contributed by atoms with Gasteiger partial charge in [0.25, 0.3) is 0 Å². The molecule has 0 unspecified atom stereocenters. The molecule has 0 fully saturated rings. The van der Waals surface area contributed by atoms with Crippen molar-refractivity contribution >= 4 is 38.7 Å². The Balaban J connectivity index is 0. The average molecular weight is 379 g/mol. The summed E-state index contributed by atoms with van der Waals surface area (Å²) >= 11 is 6.72. The van der Waals surface area contributed by atoms with E-state index in [0.717, 1.165) is 0 Å². The molecule has 0 aromatic rings. The minimum atomic E-state index is 0.313. The molecule has 0 saturated heterocycles. The molecule has 0 aliphatic heterocycles. The van der Waals surface area contributed by atoms with Gasteiger partial charge in [0, 0.05) is 0 Å². The first-order valence-electron chi connectivity index (χ1n) is 2.35. The van der Waals surface area contributed by atoms with Gasteiger partial charge in [-0.1, -0.05) is 10.3 Å². The fourth-order valence-corrected chi connectivity index (χ4v) is 0.145. The van der Waals surface area contributed by atoms with Crippen molar-refractivity contribution in [3.05, 3.63) is 0 Å². The van der Waals surface area contributed by atoms with Gasteiger partial charge >= 0.3 is 40.5 Å². The second-order valence-corrected chi connectivity index (χ2v) is 8.98. The summed E-state index contributed by atoms with van der Waals surface area (Å²) in [5, 5.41) is 21.6. The molecule has 0 aliphatic carbocycles. The van der Waals surface area contributed by atoms with Gasteiger partial charge in [0.05, 0.1) is 0 Å². The van der Waals surface area contributed by atoms with Gasteiger partial charge in [-0.2, -0.15) is 0 Å². The Morgan fingerprint density at radius 2 is 1.27 bits per heavy atom. The summed E-state index contributed by atoms with van der Waals surface area (Å²) in [6, 6.07) is 0. The van der Waals surface area contributed by atoms with E-state index in [-0.39, 0.29) is 0 Å². The van der Waals surface area contributed by atoms with Crippen LogP contribution in [0.4, 0.5) is 0 Å². The summed E-state index contributed by atoms with van der Waals surface area (Å²) in [6.07, 6.45) is 0. The van der Waals surface area contributed by atoms with Gasteiger partial charge in [-0.3, -0.25) is 0 Å². The second-order valence-electron chi connectivity index (χ2n) is 1.42. The van der Waals surface area contributed by atoms with Crippen molar-refractivity contribution in [1.82, 2.24) is 0 Å². The van der Waals surface area contributed by atoms with E-state index < -0.39 is 0 Å². The van der Waals surface area contributed by atoms with Crippen molar-refractivity contribution in [1.29, 1.82) is 0 Å². The Labute approximate surface area is 86.0 Å². The van der Waals surface area contributed by atoms with Gasteiger partial charge < -0.3 is 10.4 Å². The molecule has 2 N–H and O–H groups in total. The fraction of sp³-hybridized carbons (Fsp3) is 0.500. The predicted octanol–water partition coefficient (Wildman–Crippen LogP) is 2.38. The molecule has 4 nitrogen and oxygen atoms in total. The first kappa shape index (κ1) is 14.1. The van der Waals surface area contributed by atoms with Crippen molar-refractivity contribution < 1.29 is 23.6 Å². The van der Waals surface area contributed by atoms with Crippen LogP contribution in [0.25, 0.3) is 0 Å². The quantitative estimate of drug-likeness (QED) is 0.318. The van der Waals surface area contributed by atoms with Crippen LogP contribution >= 0.6 is 27.2 Å². The molecule has 0 rings (SSSR count). The first-order chi connectivity index (χ1) is 5.13. The Bertz CT molecular complexity index is 135. The Morgan fingerprint density at radius 3 is 1.36 bits per heavy atom. The molecule has 0 spiro atoms. The summed E-state index contributed by atoms with van der Waals surface area (Å²) < 4.78 is 0.